The number of rotatable bonds is 5. The molecular weight excluding hydrogens is 156 g/mol. The molecule has 0 aromatic heterocycles. The first-order valence-corrected chi connectivity index (χ1v) is 5.62. The second-order valence-corrected chi connectivity index (χ2v) is 5.05. The van der Waals surface area contributed by atoms with Crippen molar-refractivity contribution in [2.75, 3.05) is 0 Å². The highest BCUT2D eigenvalue weighted by molar-refractivity contribution is 5.09. The van der Waals surface area contributed by atoms with Gasteiger partial charge >= 0.3 is 0 Å². The van der Waals surface area contributed by atoms with E-state index in [2.05, 4.69) is 41.2 Å². The summed E-state index contributed by atoms with van der Waals surface area (Å²) >= 11 is 0. The van der Waals surface area contributed by atoms with Gasteiger partial charge in [-0.15, -0.1) is 0 Å². The van der Waals surface area contributed by atoms with Gasteiger partial charge in [-0.3, -0.25) is 0 Å². The first-order chi connectivity index (χ1) is 5.93. The molecule has 0 saturated carbocycles. The van der Waals surface area contributed by atoms with Crippen LogP contribution in [0, 0.1) is 11.3 Å². The van der Waals surface area contributed by atoms with Crippen LogP contribution < -0.4 is 0 Å². The minimum Gasteiger partial charge on any atom is -0.0991 e. The maximum Gasteiger partial charge on any atom is -0.0173 e. The van der Waals surface area contributed by atoms with Crippen LogP contribution in [0.3, 0.4) is 0 Å². The van der Waals surface area contributed by atoms with Gasteiger partial charge in [-0.2, -0.15) is 0 Å². The lowest BCUT2D eigenvalue weighted by atomic mass is 9.76. The Morgan fingerprint density at radius 1 is 1.08 bits per heavy atom. The predicted octanol–water partition coefficient (Wildman–Crippen LogP) is 4.81. The lowest BCUT2D eigenvalue weighted by Crippen LogP contribution is -2.17. The molecule has 0 amide bonds. The smallest absolute Gasteiger partial charge is 0.0173 e. The molecule has 0 radical (unpaired) electrons. The van der Waals surface area contributed by atoms with Crippen LogP contribution in [-0.2, 0) is 0 Å². The molecule has 0 fully saturated rings. The Bertz CT molecular complexity index is 142. The van der Waals surface area contributed by atoms with Gasteiger partial charge in [-0.25, -0.2) is 0 Å². The summed E-state index contributed by atoms with van der Waals surface area (Å²) in [5, 5.41) is 0. The summed E-state index contributed by atoms with van der Waals surface area (Å²) < 4.78 is 0. The van der Waals surface area contributed by atoms with E-state index in [9.17, 15) is 0 Å². The largest absolute Gasteiger partial charge is 0.0991 e. The minimum absolute atomic E-state index is 0.287. The quantitative estimate of drug-likeness (QED) is 0.535. The van der Waals surface area contributed by atoms with Crippen LogP contribution in [-0.4, -0.2) is 0 Å². The predicted molar refractivity (Wildman–Crippen MR) is 61.9 cm³/mol. The van der Waals surface area contributed by atoms with Crippen molar-refractivity contribution >= 4 is 0 Å². The number of allylic oxidation sites excluding steroid dienone is 1. The second kappa shape index (κ2) is 5.47. The SMILES string of the molecule is C=C(C(CCC)CCC)C(C)(C)C. The van der Waals surface area contributed by atoms with Crippen LogP contribution in [0.5, 0.6) is 0 Å². The zero-order valence-electron chi connectivity index (χ0n) is 10.1. The molecule has 0 rings (SSSR count). The van der Waals surface area contributed by atoms with Crippen molar-refractivity contribution in [2.45, 2.75) is 60.3 Å². The summed E-state index contributed by atoms with van der Waals surface area (Å²) in [7, 11) is 0. The maximum absolute atomic E-state index is 4.26. The summed E-state index contributed by atoms with van der Waals surface area (Å²) in [6.45, 7) is 15.6. The lowest BCUT2D eigenvalue weighted by molar-refractivity contribution is 0.387. The van der Waals surface area contributed by atoms with Crippen LogP contribution >= 0.6 is 0 Å². The zero-order chi connectivity index (χ0) is 10.5. The fourth-order valence-corrected chi connectivity index (χ4v) is 1.80. The first kappa shape index (κ1) is 12.7. The second-order valence-electron chi connectivity index (χ2n) is 5.05. The third kappa shape index (κ3) is 4.50. The van der Waals surface area contributed by atoms with Crippen LogP contribution in [0.4, 0.5) is 0 Å². The molecule has 0 aromatic rings. The molecule has 0 unspecified atom stereocenters. The van der Waals surface area contributed by atoms with Gasteiger partial charge in [0.1, 0.15) is 0 Å². The third-order valence-corrected chi connectivity index (χ3v) is 2.73. The van der Waals surface area contributed by atoms with Crippen molar-refractivity contribution in [1.82, 2.24) is 0 Å². The van der Waals surface area contributed by atoms with E-state index in [0.717, 1.165) is 5.92 Å². The lowest BCUT2D eigenvalue weighted by Gasteiger charge is -2.29. The number of hydrogen-bond donors (Lipinski definition) is 0. The van der Waals surface area contributed by atoms with Crippen LogP contribution in [0.15, 0.2) is 12.2 Å². The highest BCUT2D eigenvalue weighted by atomic mass is 14.3. The molecule has 0 nitrogen and oxygen atoms in total. The molecule has 78 valence electrons. The minimum atomic E-state index is 0.287. The summed E-state index contributed by atoms with van der Waals surface area (Å²) in [6, 6.07) is 0. The van der Waals surface area contributed by atoms with Gasteiger partial charge in [-0.1, -0.05) is 59.6 Å². The zero-order valence-corrected chi connectivity index (χ0v) is 10.1. The normalized spacial score (nSPS) is 12.2. The Balaban J connectivity index is 4.27. The van der Waals surface area contributed by atoms with Gasteiger partial charge in [0.2, 0.25) is 0 Å². The van der Waals surface area contributed by atoms with Crippen LogP contribution in [0.1, 0.15) is 60.3 Å². The molecule has 0 aliphatic carbocycles. The molecule has 0 atom stereocenters. The molecule has 0 saturated heterocycles. The van der Waals surface area contributed by atoms with Gasteiger partial charge in [0.15, 0.2) is 0 Å². The molecule has 0 aliphatic heterocycles. The number of hydrogen-bond acceptors (Lipinski definition) is 0. The van der Waals surface area contributed by atoms with Crippen LogP contribution in [0.25, 0.3) is 0 Å². The molecular formula is C13H26. The van der Waals surface area contributed by atoms with Crippen molar-refractivity contribution in [1.29, 1.82) is 0 Å². The summed E-state index contributed by atoms with van der Waals surface area (Å²) in [4.78, 5) is 0. The monoisotopic (exact) mass is 182 g/mol. The topological polar surface area (TPSA) is 0 Å². The van der Waals surface area contributed by atoms with E-state index >= 15 is 0 Å². The fourth-order valence-electron chi connectivity index (χ4n) is 1.80. The highest BCUT2D eigenvalue weighted by Crippen LogP contribution is 2.34. The average Bonchev–Trinajstić information content (AvgIpc) is 2.01. The van der Waals surface area contributed by atoms with Gasteiger partial charge < -0.3 is 0 Å². The molecule has 0 heterocycles. The van der Waals surface area contributed by atoms with Crippen LogP contribution in [0.2, 0.25) is 0 Å². The molecule has 0 N–H and O–H groups in total. The molecule has 0 heteroatoms. The Morgan fingerprint density at radius 2 is 1.46 bits per heavy atom. The van der Waals surface area contributed by atoms with Crippen molar-refractivity contribution in [3.05, 3.63) is 12.2 Å². The molecule has 0 aliphatic rings. The highest BCUT2D eigenvalue weighted by Gasteiger charge is 2.21. The molecule has 0 spiro atoms. The first-order valence-electron chi connectivity index (χ1n) is 5.62. The molecule has 0 bridgehead atoms. The van der Waals surface area contributed by atoms with E-state index < -0.39 is 0 Å². The van der Waals surface area contributed by atoms with E-state index in [0.29, 0.717) is 0 Å². The third-order valence-electron chi connectivity index (χ3n) is 2.73. The van der Waals surface area contributed by atoms with E-state index in [4.69, 9.17) is 0 Å². The summed E-state index contributed by atoms with van der Waals surface area (Å²) in [5.41, 5.74) is 1.73. The van der Waals surface area contributed by atoms with E-state index in [1.807, 2.05) is 0 Å². The average molecular weight is 182 g/mol. The Morgan fingerprint density at radius 3 is 1.69 bits per heavy atom. The van der Waals surface area contributed by atoms with Gasteiger partial charge in [0.05, 0.1) is 0 Å². The maximum atomic E-state index is 4.26. The van der Waals surface area contributed by atoms with E-state index in [1.165, 1.54) is 31.3 Å². The van der Waals surface area contributed by atoms with Crippen molar-refractivity contribution in [2.24, 2.45) is 11.3 Å². The Kier molecular flexibility index (Phi) is 5.36. The Labute approximate surface area is 84.4 Å². The van der Waals surface area contributed by atoms with Crippen molar-refractivity contribution < 1.29 is 0 Å². The van der Waals surface area contributed by atoms with Gasteiger partial charge in [0.25, 0.3) is 0 Å². The van der Waals surface area contributed by atoms with Crippen molar-refractivity contribution in [3.8, 4) is 0 Å². The van der Waals surface area contributed by atoms with E-state index in [-0.39, 0.29) is 5.41 Å². The molecule has 0 aromatic carbocycles. The van der Waals surface area contributed by atoms with Crippen molar-refractivity contribution in [3.63, 3.8) is 0 Å². The molecule has 13 heavy (non-hydrogen) atoms. The standard InChI is InChI=1S/C13H26/c1-7-9-12(10-8-2)11(3)13(4,5)6/h12H,3,7-10H2,1-2,4-6H3. The Hall–Kier alpha value is -0.260. The fraction of sp³-hybridized carbons (Fsp3) is 0.846. The summed E-state index contributed by atoms with van der Waals surface area (Å²) in [5.74, 6) is 0.745. The van der Waals surface area contributed by atoms with E-state index in [1.54, 1.807) is 0 Å². The summed E-state index contributed by atoms with van der Waals surface area (Å²) in [6.07, 6.45) is 5.17. The van der Waals surface area contributed by atoms with Gasteiger partial charge in [0, 0.05) is 0 Å². The van der Waals surface area contributed by atoms with Gasteiger partial charge in [-0.05, 0) is 24.2 Å².